The summed E-state index contributed by atoms with van der Waals surface area (Å²) < 4.78 is 0. The molecule has 2 amide bonds. The number of piperidine rings is 1. The standard InChI is InChI=1S/C9H15ClN2O2/c1-12-6-7(2-3-9(12)14)11-8(13)4-5-10/h7H,2-6H2,1H3,(H,11,13). The summed E-state index contributed by atoms with van der Waals surface area (Å²) >= 11 is 5.44. The second-order valence-electron chi connectivity index (χ2n) is 3.52. The van der Waals surface area contributed by atoms with E-state index in [1.54, 1.807) is 11.9 Å². The summed E-state index contributed by atoms with van der Waals surface area (Å²) in [6, 6.07) is 0.0911. The maximum atomic E-state index is 11.2. The van der Waals surface area contributed by atoms with Gasteiger partial charge in [0, 0.05) is 38.4 Å². The monoisotopic (exact) mass is 218 g/mol. The highest BCUT2D eigenvalue weighted by Gasteiger charge is 2.23. The third-order valence-corrected chi connectivity index (χ3v) is 2.50. The molecular formula is C9H15ClN2O2. The molecule has 14 heavy (non-hydrogen) atoms. The molecule has 1 aliphatic rings. The molecule has 1 N–H and O–H groups in total. The molecule has 1 heterocycles. The fourth-order valence-corrected chi connectivity index (χ4v) is 1.69. The van der Waals surface area contributed by atoms with Crippen LogP contribution in [0.3, 0.4) is 0 Å². The summed E-state index contributed by atoms with van der Waals surface area (Å²) in [5.41, 5.74) is 0. The lowest BCUT2D eigenvalue weighted by Crippen LogP contribution is -2.48. The Morgan fingerprint density at radius 3 is 3.00 bits per heavy atom. The van der Waals surface area contributed by atoms with Crippen molar-refractivity contribution < 1.29 is 9.59 Å². The number of likely N-dealkylation sites (N-methyl/N-ethyl adjacent to an activating group) is 1. The van der Waals surface area contributed by atoms with Gasteiger partial charge >= 0.3 is 0 Å². The van der Waals surface area contributed by atoms with Crippen LogP contribution < -0.4 is 5.32 Å². The molecule has 0 aliphatic carbocycles. The minimum absolute atomic E-state index is 0.0345. The first-order valence-corrected chi connectivity index (χ1v) is 5.26. The predicted molar refractivity (Wildman–Crippen MR) is 54.1 cm³/mol. The molecule has 1 unspecified atom stereocenters. The number of rotatable bonds is 3. The fourth-order valence-electron chi connectivity index (χ4n) is 1.52. The number of amides is 2. The molecule has 1 aliphatic heterocycles. The van der Waals surface area contributed by atoms with E-state index in [1.165, 1.54) is 0 Å². The average Bonchev–Trinajstić information content (AvgIpc) is 2.12. The second-order valence-corrected chi connectivity index (χ2v) is 3.89. The van der Waals surface area contributed by atoms with Crippen molar-refractivity contribution in [2.75, 3.05) is 19.5 Å². The summed E-state index contributed by atoms with van der Waals surface area (Å²) in [4.78, 5) is 24.0. The Morgan fingerprint density at radius 1 is 1.71 bits per heavy atom. The normalized spacial score (nSPS) is 22.3. The number of hydrogen-bond acceptors (Lipinski definition) is 2. The third-order valence-electron chi connectivity index (χ3n) is 2.31. The van der Waals surface area contributed by atoms with Crippen molar-refractivity contribution in [2.45, 2.75) is 25.3 Å². The lowest BCUT2D eigenvalue weighted by atomic mass is 10.1. The van der Waals surface area contributed by atoms with E-state index in [1.807, 2.05) is 0 Å². The van der Waals surface area contributed by atoms with Gasteiger partial charge in [-0.1, -0.05) is 0 Å². The Morgan fingerprint density at radius 2 is 2.43 bits per heavy atom. The van der Waals surface area contributed by atoms with Gasteiger partial charge < -0.3 is 10.2 Å². The molecule has 0 radical (unpaired) electrons. The van der Waals surface area contributed by atoms with Crippen LogP contribution >= 0.6 is 11.6 Å². The van der Waals surface area contributed by atoms with Gasteiger partial charge in [-0.2, -0.15) is 0 Å². The molecular weight excluding hydrogens is 204 g/mol. The van der Waals surface area contributed by atoms with E-state index in [9.17, 15) is 9.59 Å². The van der Waals surface area contributed by atoms with Gasteiger partial charge in [0.2, 0.25) is 11.8 Å². The molecule has 1 rings (SSSR count). The van der Waals surface area contributed by atoms with Crippen LogP contribution in [0.4, 0.5) is 0 Å². The molecule has 80 valence electrons. The molecule has 0 aromatic heterocycles. The number of alkyl halides is 1. The van der Waals surface area contributed by atoms with Gasteiger partial charge in [0.05, 0.1) is 0 Å². The number of halogens is 1. The number of nitrogens with zero attached hydrogens (tertiary/aromatic N) is 1. The molecule has 5 heteroatoms. The summed E-state index contributed by atoms with van der Waals surface area (Å²) in [6.45, 7) is 0.604. The van der Waals surface area contributed by atoms with E-state index >= 15 is 0 Å². The van der Waals surface area contributed by atoms with Crippen LogP contribution in [0.25, 0.3) is 0 Å². The van der Waals surface area contributed by atoms with Crippen molar-refractivity contribution in [1.82, 2.24) is 10.2 Å². The van der Waals surface area contributed by atoms with Gasteiger partial charge in [-0.15, -0.1) is 11.6 Å². The first-order valence-electron chi connectivity index (χ1n) is 4.72. The van der Waals surface area contributed by atoms with E-state index in [2.05, 4.69) is 5.32 Å². The Kier molecular flexibility index (Phi) is 4.20. The van der Waals surface area contributed by atoms with Crippen molar-refractivity contribution in [2.24, 2.45) is 0 Å². The van der Waals surface area contributed by atoms with E-state index in [0.717, 1.165) is 6.42 Å². The smallest absolute Gasteiger partial charge is 0.222 e. The molecule has 0 bridgehead atoms. The predicted octanol–water partition coefficient (Wildman–Crippen LogP) is 0.352. The zero-order valence-corrected chi connectivity index (χ0v) is 9.01. The molecule has 4 nitrogen and oxygen atoms in total. The Labute approximate surface area is 88.6 Å². The molecule has 1 saturated heterocycles. The molecule has 1 atom stereocenters. The minimum Gasteiger partial charge on any atom is -0.352 e. The van der Waals surface area contributed by atoms with Crippen LogP contribution in [-0.2, 0) is 9.59 Å². The Bertz CT molecular complexity index is 233. The van der Waals surface area contributed by atoms with Gasteiger partial charge in [0.15, 0.2) is 0 Å². The lowest BCUT2D eigenvalue weighted by molar-refractivity contribution is -0.133. The molecule has 0 aromatic rings. The van der Waals surface area contributed by atoms with Crippen molar-refractivity contribution >= 4 is 23.4 Å². The summed E-state index contributed by atoms with van der Waals surface area (Å²) in [5, 5.41) is 2.85. The van der Waals surface area contributed by atoms with Crippen LogP contribution in [0.15, 0.2) is 0 Å². The Hall–Kier alpha value is -0.770. The zero-order chi connectivity index (χ0) is 10.6. The first-order chi connectivity index (χ1) is 6.63. The lowest BCUT2D eigenvalue weighted by Gasteiger charge is -2.30. The minimum atomic E-state index is -0.0345. The van der Waals surface area contributed by atoms with Gasteiger partial charge in [-0.3, -0.25) is 9.59 Å². The Balaban J connectivity index is 2.32. The molecule has 0 saturated carbocycles. The summed E-state index contributed by atoms with van der Waals surface area (Å²) in [7, 11) is 1.75. The summed E-state index contributed by atoms with van der Waals surface area (Å²) in [6.07, 6.45) is 1.59. The third kappa shape index (κ3) is 3.18. The van der Waals surface area contributed by atoms with E-state index in [-0.39, 0.29) is 17.9 Å². The van der Waals surface area contributed by atoms with Crippen LogP contribution in [0.5, 0.6) is 0 Å². The largest absolute Gasteiger partial charge is 0.352 e. The van der Waals surface area contributed by atoms with Crippen LogP contribution in [0.1, 0.15) is 19.3 Å². The van der Waals surface area contributed by atoms with Crippen molar-refractivity contribution in [1.29, 1.82) is 0 Å². The van der Waals surface area contributed by atoms with Crippen LogP contribution in [0.2, 0.25) is 0 Å². The van der Waals surface area contributed by atoms with Crippen molar-refractivity contribution in [3.63, 3.8) is 0 Å². The number of carbonyl (C=O) groups excluding carboxylic acids is 2. The number of hydrogen-bond donors (Lipinski definition) is 1. The topological polar surface area (TPSA) is 49.4 Å². The molecule has 1 fully saturated rings. The zero-order valence-electron chi connectivity index (χ0n) is 8.25. The fraction of sp³-hybridized carbons (Fsp3) is 0.778. The summed E-state index contributed by atoms with van der Waals surface area (Å²) in [5.74, 6) is 0.452. The quantitative estimate of drug-likeness (QED) is 0.696. The van der Waals surface area contributed by atoms with Gasteiger partial charge in [-0.05, 0) is 6.42 Å². The van der Waals surface area contributed by atoms with E-state index < -0.39 is 0 Å². The molecule has 0 spiro atoms. The van der Waals surface area contributed by atoms with Crippen LogP contribution in [-0.4, -0.2) is 42.2 Å². The van der Waals surface area contributed by atoms with Gasteiger partial charge in [-0.25, -0.2) is 0 Å². The van der Waals surface area contributed by atoms with Crippen molar-refractivity contribution in [3.05, 3.63) is 0 Å². The van der Waals surface area contributed by atoms with Crippen LogP contribution in [0, 0.1) is 0 Å². The highest BCUT2D eigenvalue weighted by molar-refractivity contribution is 6.18. The number of likely N-dealkylation sites (tertiary alicyclic amines) is 1. The van der Waals surface area contributed by atoms with E-state index in [4.69, 9.17) is 11.6 Å². The van der Waals surface area contributed by atoms with Crippen molar-refractivity contribution in [3.8, 4) is 0 Å². The van der Waals surface area contributed by atoms with Gasteiger partial charge in [0.25, 0.3) is 0 Å². The maximum absolute atomic E-state index is 11.2. The first kappa shape index (κ1) is 11.3. The average molecular weight is 219 g/mol. The number of carbonyl (C=O) groups is 2. The molecule has 0 aromatic carbocycles. The van der Waals surface area contributed by atoms with E-state index in [0.29, 0.717) is 25.3 Å². The highest BCUT2D eigenvalue weighted by atomic mass is 35.5. The second kappa shape index (κ2) is 5.20. The maximum Gasteiger partial charge on any atom is 0.222 e. The van der Waals surface area contributed by atoms with Gasteiger partial charge in [0.1, 0.15) is 0 Å². The highest BCUT2D eigenvalue weighted by Crippen LogP contribution is 2.09. The SMILES string of the molecule is CN1CC(NC(=O)CCCl)CCC1=O. The number of nitrogens with one attached hydrogen (secondary N) is 1.